The molecule has 0 fully saturated rings. The molecule has 0 saturated carbocycles. The maximum absolute atomic E-state index is 9.39. The molecule has 0 aliphatic heterocycles. The fraction of sp³-hybridized carbons (Fsp3) is 0.0588. The van der Waals surface area contributed by atoms with Gasteiger partial charge in [0, 0.05) is 41.7 Å². The predicted molar refractivity (Wildman–Crippen MR) is 95.5 cm³/mol. The van der Waals surface area contributed by atoms with E-state index in [-0.39, 0.29) is 0 Å². The smallest absolute Gasteiger partial charge is 0.119 e. The Hall–Kier alpha value is -2.82. The molecule has 0 radical (unpaired) electrons. The summed E-state index contributed by atoms with van der Waals surface area (Å²) in [5.74, 6) is 0. The second kappa shape index (κ2) is 6.24. The predicted octanol–water partition coefficient (Wildman–Crippen LogP) is 3.81. The van der Waals surface area contributed by atoms with Gasteiger partial charge in [0.05, 0.1) is 28.5 Å². The van der Waals surface area contributed by atoms with Crippen LogP contribution in [0.3, 0.4) is 0 Å². The zero-order valence-corrected chi connectivity index (χ0v) is 14.7. The van der Waals surface area contributed by atoms with Gasteiger partial charge in [0.25, 0.3) is 0 Å². The molecule has 0 aliphatic carbocycles. The molecule has 4 aromatic heterocycles. The normalized spacial score (nSPS) is 10.9. The quantitative estimate of drug-likeness (QED) is 0.551. The fourth-order valence-corrected chi connectivity index (χ4v) is 3.73. The number of nitrogens with zero attached hydrogens (tertiary/aromatic N) is 6. The highest BCUT2D eigenvalue weighted by Gasteiger charge is 2.15. The van der Waals surface area contributed by atoms with Crippen molar-refractivity contribution in [2.45, 2.75) is 9.92 Å². The molecule has 6 nitrogen and oxygen atoms in total. The second-order valence-corrected chi connectivity index (χ2v) is 6.79. The minimum absolute atomic E-state index is 0.507. The van der Waals surface area contributed by atoms with Gasteiger partial charge in [-0.1, -0.05) is 23.4 Å². The van der Waals surface area contributed by atoms with Crippen LogP contribution in [0.15, 0.2) is 59.1 Å². The van der Waals surface area contributed by atoms with Crippen molar-refractivity contribution in [1.29, 1.82) is 5.26 Å². The molecular formula is C17H11ClN6S. The third kappa shape index (κ3) is 2.86. The summed E-state index contributed by atoms with van der Waals surface area (Å²) in [4.78, 5) is 5.19. The molecule has 25 heavy (non-hydrogen) atoms. The summed E-state index contributed by atoms with van der Waals surface area (Å²) < 4.78 is 3.45. The Kier molecular flexibility index (Phi) is 3.92. The summed E-state index contributed by atoms with van der Waals surface area (Å²) in [5, 5.41) is 19.2. The van der Waals surface area contributed by atoms with Gasteiger partial charge >= 0.3 is 0 Å². The van der Waals surface area contributed by atoms with E-state index in [1.807, 2.05) is 25.5 Å². The molecule has 4 aromatic rings. The van der Waals surface area contributed by atoms with E-state index < -0.39 is 0 Å². The second-order valence-electron chi connectivity index (χ2n) is 5.35. The molecule has 4 heterocycles. The lowest BCUT2D eigenvalue weighted by Crippen LogP contribution is -1.92. The van der Waals surface area contributed by atoms with E-state index in [1.165, 1.54) is 11.8 Å². The highest BCUT2D eigenvalue weighted by atomic mass is 35.5. The summed E-state index contributed by atoms with van der Waals surface area (Å²) in [6, 6.07) is 7.77. The maximum atomic E-state index is 9.39. The van der Waals surface area contributed by atoms with Crippen LogP contribution in [-0.2, 0) is 7.05 Å². The molecule has 0 saturated heterocycles. The molecule has 0 N–H and O–H groups in total. The average molecular weight is 367 g/mol. The van der Waals surface area contributed by atoms with E-state index in [2.05, 4.69) is 21.3 Å². The Labute approximate surface area is 152 Å². The van der Waals surface area contributed by atoms with Crippen molar-refractivity contribution in [2.75, 3.05) is 0 Å². The molecular weight excluding hydrogens is 356 g/mol. The van der Waals surface area contributed by atoms with E-state index in [9.17, 15) is 5.26 Å². The minimum atomic E-state index is 0.507. The van der Waals surface area contributed by atoms with Gasteiger partial charge in [-0.25, -0.2) is 9.50 Å². The van der Waals surface area contributed by atoms with Crippen molar-refractivity contribution in [3.05, 3.63) is 59.8 Å². The minimum Gasteiger partial charge on any atom is -0.275 e. The lowest BCUT2D eigenvalue weighted by Gasteiger charge is -2.08. The molecule has 0 bridgehead atoms. The van der Waals surface area contributed by atoms with Crippen molar-refractivity contribution < 1.29 is 0 Å². The SMILES string of the molecule is Cn1cc(-c2cc(Sc3ncccc3Cl)c3c(C#N)cnn3c2)cn1. The molecule has 0 unspecified atom stereocenters. The first-order valence-electron chi connectivity index (χ1n) is 7.34. The first-order valence-corrected chi connectivity index (χ1v) is 8.54. The van der Waals surface area contributed by atoms with Crippen LogP contribution in [-0.4, -0.2) is 24.4 Å². The van der Waals surface area contributed by atoms with Crippen molar-refractivity contribution in [3.63, 3.8) is 0 Å². The van der Waals surface area contributed by atoms with E-state index in [4.69, 9.17) is 11.6 Å². The zero-order chi connectivity index (χ0) is 17.4. The Bertz CT molecular complexity index is 1120. The summed E-state index contributed by atoms with van der Waals surface area (Å²) in [7, 11) is 1.87. The van der Waals surface area contributed by atoms with E-state index >= 15 is 0 Å². The Balaban J connectivity index is 1.92. The third-order valence-corrected chi connectivity index (χ3v) is 5.13. The molecule has 8 heteroatoms. The van der Waals surface area contributed by atoms with Crippen LogP contribution < -0.4 is 0 Å². The van der Waals surface area contributed by atoms with Crippen LogP contribution in [0.1, 0.15) is 5.56 Å². The maximum Gasteiger partial charge on any atom is 0.119 e. The summed E-state index contributed by atoms with van der Waals surface area (Å²) in [6.07, 6.45) is 8.86. The van der Waals surface area contributed by atoms with Crippen LogP contribution in [0.5, 0.6) is 0 Å². The number of nitriles is 1. The standard InChI is InChI=1S/C17H11ClN6S/c1-23-9-13(8-21-23)11-5-15(25-17-14(18)3-2-4-20-17)16-12(6-19)7-22-24(16)10-11/h2-5,7-10H,1H3. The molecule has 0 amide bonds. The summed E-state index contributed by atoms with van der Waals surface area (Å²) >= 11 is 7.66. The number of hydrogen-bond donors (Lipinski definition) is 0. The molecule has 0 aromatic carbocycles. The Morgan fingerprint density at radius 1 is 1.20 bits per heavy atom. The van der Waals surface area contributed by atoms with E-state index in [1.54, 1.807) is 39.9 Å². The van der Waals surface area contributed by atoms with Crippen molar-refractivity contribution in [3.8, 4) is 17.2 Å². The van der Waals surface area contributed by atoms with Crippen molar-refractivity contribution in [2.24, 2.45) is 7.05 Å². The number of aromatic nitrogens is 5. The van der Waals surface area contributed by atoms with Gasteiger partial charge in [-0.15, -0.1) is 0 Å². The number of aryl methyl sites for hydroxylation is 1. The number of rotatable bonds is 3. The number of pyridine rings is 2. The molecule has 0 spiro atoms. The fourth-order valence-electron chi connectivity index (χ4n) is 2.52. The van der Waals surface area contributed by atoms with Crippen LogP contribution in [0.4, 0.5) is 0 Å². The van der Waals surface area contributed by atoms with E-state index in [0.29, 0.717) is 15.6 Å². The Morgan fingerprint density at radius 2 is 2.08 bits per heavy atom. The largest absolute Gasteiger partial charge is 0.275 e. The lowest BCUT2D eigenvalue weighted by atomic mass is 10.1. The van der Waals surface area contributed by atoms with Crippen LogP contribution >= 0.6 is 23.4 Å². The molecule has 122 valence electrons. The van der Waals surface area contributed by atoms with Crippen LogP contribution in [0.2, 0.25) is 5.02 Å². The van der Waals surface area contributed by atoms with Gasteiger partial charge in [0.15, 0.2) is 0 Å². The van der Waals surface area contributed by atoms with Gasteiger partial charge in [-0.3, -0.25) is 4.68 Å². The van der Waals surface area contributed by atoms with Crippen LogP contribution in [0, 0.1) is 11.3 Å². The average Bonchev–Trinajstić information content (AvgIpc) is 3.23. The monoisotopic (exact) mass is 366 g/mol. The Morgan fingerprint density at radius 3 is 2.80 bits per heavy atom. The molecule has 0 atom stereocenters. The van der Waals surface area contributed by atoms with Gasteiger partial charge in [-0.2, -0.15) is 15.5 Å². The summed E-state index contributed by atoms with van der Waals surface area (Å²) in [5.41, 5.74) is 3.16. The number of halogens is 1. The van der Waals surface area contributed by atoms with Crippen molar-refractivity contribution >= 4 is 28.9 Å². The first kappa shape index (κ1) is 15.7. The highest BCUT2D eigenvalue weighted by Crippen LogP contribution is 2.37. The zero-order valence-electron chi connectivity index (χ0n) is 13.1. The van der Waals surface area contributed by atoms with Gasteiger partial charge in [-0.05, 0) is 18.2 Å². The van der Waals surface area contributed by atoms with Crippen molar-refractivity contribution in [1.82, 2.24) is 24.4 Å². The molecule has 4 rings (SSSR count). The number of fused-ring (bicyclic) bond motifs is 1. The van der Waals surface area contributed by atoms with E-state index in [0.717, 1.165) is 21.5 Å². The van der Waals surface area contributed by atoms with Crippen LogP contribution in [0.25, 0.3) is 16.6 Å². The number of hydrogen-bond acceptors (Lipinski definition) is 5. The van der Waals surface area contributed by atoms with Gasteiger partial charge in [0.2, 0.25) is 0 Å². The highest BCUT2D eigenvalue weighted by molar-refractivity contribution is 7.99. The topological polar surface area (TPSA) is 71.8 Å². The lowest BCUT2D eigenvalue weighted by molar-refractivity contribution is 0.768. The van der Waals surface area contributed by atoms with Gasteiger partial charge < -0.3 is 0 Å². The third-order valence-electron chi connectivity index (χ3n) is 3.67. The molecule has 0 aliphatic rings. The van der Waals surface area contributed by atoms with Gasteiger partial charge in [0.1, 0.15) is 11.1 Å². The first-order chi connectivity index (χ1) is 12.2. The summed E-state index contributed by atoms with van der Waals surface area (Å²) in [6.45, 7) is 0.